The first-order chi connectivity index (χ1) is 14.7. The third-order valence-corrected chi connectivity index (χ3v) is 7.10. The third kappa shape index (κ3) is 6.00. The summed E-state index contributed by atoms with van der Waals surface area (Å²) in [5.74, 6) is 0.387. The average Bonchev–Trinajstić information content (AvgIpc) is 2.82. The monoisotopic (exact) mass is 433 g/mol. The molecule has 4 rings (SSSR count). The number of hydrogen-bond acceptors (Lipinski definition) is 2. The maximum absolute atomic E-state index is 10.2. The second-order valence-electron chi connectivity index (χ2n) is 6.40. The first-order valence-electron chi connectivity index (χ1n) is 9.43. The average molecular weight is 434 g/mol. The largest absolute Gasteiger partial charge is 0.269 e. The predicted octanol–water partition coefficient (Wildman–Crippen LogP) is 5.78. The number of non-ortho nitro benzene ring substituents is 1. The quantitative estimate of drug-likeness (QED) is 0.173. The Morgan fingerprint density at radius 3 is 1.30 bits per heavy atom. The molecule has 150 valence electrons. The molecule has 0 aliphatic carbocycles. The first-order valence-corrected chi connectivity index (χ1v) is 11.3. The number of hydrogen-bond donors (Lipinski definition) is 0. The highest BCUT2D eigenvalue weighted by Gasteiger charge is 2.15. The number of nitrogens with zero attached hydrogens (tertiary/aromatic N) is 1. The second kappa shape index (κ2) is 11.3. The van der Waals surface area contributed by atoms with E-state index in [1.165, 1.54) is 28.0 Å². The highest BCUT2D eigenvalue weighted by Crippen LogP contribution is 2.32. The van der Waals surface area contributed by atoms with Gasteiger partial charge < -0.3 is 0 Å². The van der Waals surface area contributed by atoms with Crippen LogP contribution in [0, 0.1) is 10.1 Å². The fraction of sp³-hybridized carbons (Fsp3) is 0.0400. The Labute approximate surface area is 182 Å². The third-order valence-electron chi connectivity index (χ3n) is 4.34. The van der Waals surface area contributed by atoms with Crippen molar-refractivity contribution in [1.29, 1.82) is 0 Å². The summed E-state index contributed by atoms with van der Waals surface area (Å²) in [6.07, 6.45) is 0. The van der Waals surface area contributed by atoms with Gasteiger partial charge in [-0.2, -0.15) is 0 Å². The summed E-state index contributed by atoms with van der Waals surface area (Å²) in [4.78, 5) is 9.74. The van der Waals surface area contributed by atoms with Crippen molar-refractivity contribution in [3.05, 3.63) is 131 Å². The Hall–Kier alpha value is -3.00. The molecule has 4 aromatic carbocycles. The van der Waals surface area contributed by atoms with Crippen LogP contribution in [0.1, 0.15) is 5.56 Å². The van der Waals surface area contributed by atoms with Gasteiger partial charge in [-0.1, -0.05) is 103 Å². The molecule has 0 aliphatic rings. The van der Waals surface area contributed by atoms with Crippen molar-refractivity contribution < 1.29 is 4.92 Å². The summed E-state index contributed by atoms with van der Waals surface area (Å²) in [5.41, 5.74) is 0.983. The number of halogens is 1. The van der Waals surface area contributed by atoms with E-state index in [9.17, 15) is 10.1 Å². The van der Waals surface area contributed by atoms with Crippen LogP contribution in [0.15, 0.2) is 115 Å². The minimum Gasteiger partial charge on any atom is -0.258 e. The molecule has 0 aliphatic heterocycles. The zero-order valence-electron chi connectivity index (χ0n) is 16.3. The van der Waals surface area contributed by atoms with E-state index >= 15 is 0 Å². The molecule has 0 spiro atoms. The lowest BCUT2D eigenvalue weighted by molar-refractivity contribution is -0.384. The van der Waals surface area contributed by atoms with E-state index in [0.29, 0.717) is 5.88 Å². The van der Waals surface area contributed by atoms with E-state index < -0.39 is 12.8 Å². The first kappa shape index (κ1) is 21.7. The van der Waals surface area contributed by atoms with E-state index in [1.807, 2.05) is 0 Å². The molecule has 0 aromatic heterocycles. The van der Waals surface area contributed by atoms with Crippen LogP contribution in [0.4, 0.5) is 5.69 Å². The Morgan fingerprint density at radius 2 is 1.00 bits per heavy atom. The van der Waals surface area contributed by atoms with Gasteiger partial charge in [0.2, 0.25) is 0 Å². The molecule has 30 heavy (non-hydrogen) atoms. The molecule has 5 heteroatoms. The highest BCUT2D eigenvalue weighted by atomic mass is 35.5. The van der Waals surface area contributed by atoms with Crippen molar-refractivity contribution in [2.45, 2.75) is 5.88 Å². The van der Waals surface area contributed by atoms with Crippen LogP contribution >= 0.6 is 19.5 Å². The molecule has 0 saturated heterocycles. The lowest BCUT2D eigenvalue weighted by atomic mass is 10.2. The molecule has 0 radical (unpaired) electrons. The lowest BCUT2D eigenvalue weighted by Gasteiger charge is -2.18. The fourth-order valence-corrected chi connectivity index (χ4v) is 5.37. The molecule has 0 bridgehead atoms. The molecule has 0 amide bonds. The molecule has 3 nitrogen and oxygen atoms in total. The van der Waals surface area contributed by atoms with Crippen LogP contribution in [0.5, 0.6) is 0 Å². The predicted molar refractivity (Wildman–Crippen MR) is 128 cm³/mol. The van der Waals surface area contributed by atoms with Crippen LogP contribution in [-0.2, 0) is 5.88 Å². The van der Waals surface area contributed by atoms with Gasteiger partial charge in [0.05, 0.1) is 4.92 Å². The Bertz CT molecular complexity index is 949. The molecular weight excluding hydrogens is 413 g/mol. The van der Waals surface area contributed by atoms with E-state index in [1.54, 1.807) is 12.1 Å². The van der Waals surface area contributed by atoms with E-state index in [-0.39, 0.29) is 5.69 Å². The summed E-state index contributed by atoms with van der Waals surface area (Å²) in [5, 5.41) is 14.4. The van der Waals surface area contributed by atoms with Crippen molar-refractivity contribution in [2.75, 3.05) is 0 Å². The van der Waals surface area contributed by atoms with Crippen LogP contribution < -0.4 is 15.9 Å². The van der Waals surface area contributed by atoms with Crippen LogP contribution in [0.3, 0.4) is 0 Å². The van der Waals surface area contributed by atoms with Crippen molar-refractivity contribution in [3.8, 4) is 0 Å². The van der Waals surface area contributed by atoms with Gasteiger partial charge >= 0.3 is 0 Å². The molecule has 0 N–H and O–H groups in total. The summed E-state index contributed by atoms with van der Waals surface area (Å²) >= 11 is 5.49. The molecule has 0 fully saturated rings. The van der Waals surface area contributed by atoms with Crippen molar-refractivity contribution in [2.24, 2.45) is 0 Å². The maximum Gasteiger partial charge on any atom is 0.269 e. The van der Waals surface area contributed by atoms with Crippen molar-refractivity contribution in [1.82, 2.24) is 0 Å². The zero-order chi connectivity index (χ0) is 21.2. The summed E-state index contributed by atoms with van der Waals surface area (Å²) in [6.45, 7) is 0. The Balaban J connectivity index is 0.000000199. The molecule has 0 unspecified atom stereocenters. The summed E-state index contributed by atoms with van der Waals surface area (Å²) in [7, 11) is -0.446. The van der Waals surface area contributed by atoms with Gasteiger partial charge in [0.15, 0.2) is 0 Å². The van der Waals surface area contributed by atoms with Crippen LogP contribution in [0.2, 0.25) is 0 Å². The number of nitro groups is 1. The van der Waals surface area contributed by atoms with Gasteiger partial charge in [0.25, 0.3) is 5.69 Å². The van der Waals surface area contributed by atoms with E-state index in [2.05, 4.69) is 91.0 Å². The second-order valence-corrected chi connectivity index (χ2v) is 8.89. The molecular formula is C25H21ClNO2P. The SMILES string of the molecule is O=[N+]([O-])c1ccc(CCl)cc1.c1ccc(P(c2ccccc2)c2ccccc2)cc1. The minimum absolute atomic E-state index is 0.0962. The normalized spacial score (nSPS) is 10.2. The van der Waals surface area contributed by atoms with Crippen LogP contribution in [0.25, 0.3) is 0 Å². The summed E-state index contributed by atoms with van der Waals surface area (Å²) < 4.78 is 0. The van der Waals surface area contributed by atoms with E-state index in [4.69, 9.17) is 11.6 Å². The van der Waals surface area contributed by atoms with Gasteiger partial charge in [-0.3, -0.25) is 10.1 Å². The van der Waals surface area contributed by atoms with Gasteiger partial charge in [0.1, 0.15) is 0 Å². The summed E-state index contributed by atoms with van der Waals surface area (Å²) in [6, 6.07) is 38.5. The van der Waals surface area contributed by atoms with Gasteiger partial charge in [-0.25, -0.2) is 0 Å². The Morgan fingerprint density at radius 1 is 0.633 bits per heavy atom. The Kier molecular flexibility index (Phi) is 8.14. The lowest BCUT2D eigenvalue weighted by Crippen LogP contribution is -2.20. The molecule has 0 atom stereocenters. The standard InChI is InChI=1S/C18H15P.C7H6ClNO2/c1-4-10-16(11-5-1)19(17-12-6-2-7-13-17)18-14-8-3-9-15-18;8-5-6-1-3-7(4-2-6)9(10)11/h1-15H;1-4H,5H2. The topological polar surface area (TPSA) is 43.1 Å². The number of benzene rings is 4. The molecule has 0 heterocycles. The smallest absolute Gasteiger partial charge is 0.258 e. The highest BCUT2D eigenvalue weighted by molar-refractivity contribution is 7.79. The van der Waals surface area contributed by atoms with Crippen molar-refractivity contribution in [3.63, 3.8) is 0 Å². The van der Waals surface area contributed by atoms with Crippen molar-refractivity contribution >= 4 is 41.1 Å². The number of rotatable bonds is 5. The fourth-order valence-electron chi connectivity index (χ4n) is 2.89. The van der Waals surface area contributed by atoms with Gasteiger partial charge in [0, 0.05) is 18.0 Å². The van der Waals surface area contributed by atoms with Crippen LogP contribution in [-0.4, -0.2) is 4.92 Å². The van der Waals surface area contributed by atoms with Gasteiger partial charge in [-0.05, 0) is 29.4 Å². The maximum atomic E-state index is 10.2. The molecule has 0 saturated carbocycles. The number of nitro benzene ring substituents is 1. The molecule has 4 aromatic rings. The minimum atomic E-state index is -0.446. The van der Waals surface area contributed by atoms with Gasteiger partial charge in [-0.15, -0.1) is 11.6 Å². The van der Waals surface area contributed by atoms with E-state index in [0.717, 1.165) is 5.56 Å². The number of alkyl halides is 1. The zero-order valence-corrected chi connectivity index (χ0v) is 17.9.